The zero-order valence-electron chi connectivity index (χ0n) is 57.7. The Balaban J connectivity index is 0.000000161. The summed E-state index contributed by atoms with van der Waals surface area (Å²) in [5, 5.41) is 13.6. The van der Waals surface area contributed by atoms with Crippen LogP contribution in [-0.4, -0.2) is 0 Å². The number of rotatable bonds is 6. The molecular formula is C106H78ClN. The number of para-hydroxylation sites is 1. The van der Waals surface area contributed by atoms with Crippen molar-refractivity contribution in [3.63, 3.8) is 0 Å². The summed E-state index contributed by atoms with van der Waals surface area (Å²) in [7, 11) is 0. The van der Waals surface area contributed by atoms with E-state index < -0.39 is 10.8 Å². The Labute approximate surface area is 639 Å². The molecule has 2 atom stereocenters. The first-order valence-corrected chi connectivity index (χ1v) is 36.6. The molecule has 108 heavy (non-hydrogen) atoms. The highest BCUT2D eigenvalue weighted by atomic mass is 35.5. The van der Waals surface area contributed by atoms with Gasteiger partial charge in [0.05, 0.1) is 16.5 Å². The fourth-order valence-electron chi connectivity index (χ4n) is 18.8. The topological polar surface area (TPSA) is 3.24 Å². The second-order valence-corrected chi connectivity index (χ2v) is 28.4. The zero-order valence-corrected chi connectivity index (χ0v) is 58.5. The van der Waals surface area contributed by atoms with E-state index in [2.05, 4.69) is 387 Å². The van der Waals surface area contributed by atoms with Gasteiger partial charge in [0, 0.05) is 22.0 Å². The average molecular weight is 1400 g/mol. The predicted molar refractivity (Wildman–Crippen MR) is 464 cm³/mol. The molecule has 0 saturated heterocycles. The van der Waals surface area contributed by atoms with Gasteiger partial charge >= 0.3 is 0 Å². The molecule has 18 aromatic rings. The summed E-state index contributed by atoms with van der Waals surface area (Å²) in [6.07, 6.45) is 4.60. The fraction of sp³-hybridized carbons (Fsp3) is 0.0566. The molecule has 2 heteroatoms. The van der Waals surface area contributed by atoms with E-state index in [1.54, 1.807) is 6.92 Å². The van der Waals surface area contributed by atoms with Crippen molar-refractivity contribution < 1.29 is 0 Å². The van der Waals surface area contributed by atoms with E-state index in [9.17, 15) is 0 Å². The molecule has 22 rings (SSSR count). The number of benzene rings is 18. The van der Waals surface area contributed by atoms with Gasteiger partial charge < -0.3 is 4.90 Å². The molecule has 4 aliphatic rings. The Morgan fingerprint density at radius 2 is 0.574 bits per heavy atom. The van der Waals surface area contributed by atoms with Gasteiger partial charge in [-0.05, 0) is 226 Å². The Morgan fingerprint density at radius 1 is 0.250 bits per heavy atom. The third kappa shape index (κ3) is 10.0. The Hall–Kier alpha value is -13.1. The fourth-order valence-corrected chi connectivity index (χ4v) is 18.9. The van der Waals surface area contributed by atoms with E-state index in [0.29, 0.717) is 0 Å². The molecule has 0 amide bonds. The Morgan fingerprint density at radius 3 is 1.06 bits per heavy atom. The van der Waals surface area contributed by atoms with Crippen molar-refractivity contribution in [2.24, 2.45) is 0 Å². The van der Waals surface area contributed by atoms with Crippen LogP contribution in [-0.2, 0) is 10.8 Å². The molecule has 0 aromatic heterocycles. The normalized spacial score (nSPS) is 14.4. The van der Waals surface area contributed by atoms with Crippen molar-refractivity contribution in [1.82, 2.24) is 0 Å². The van der Waals surface area contributed by atoms with Crippen LogP contribution in [0, 0.1) is 12.3 Å². The number of terminal acetylenes is 1. The molecule has 0 fully saturated rings. The largest absolute Gasteiger partial charge is 0.310 e. The molecule has 0 aliphatic heterocycles. The van der Waals surface area contributed by atoms with Gasteiger partial charge in [0.2, 0.25) is 0 Å². The van der Waals surface area contributed by atoms with Crippen LogP contribution >= 0.6 is 11.6 Å². The third-order valence-electron chi connectivity index (χ3n) is 22.8. The van der Waals surface area contributed by atoms with Crippen LogP contribution in [0.2, 0.25) is 5.02 Å². The highest BCUT2D eigenvalue weighted by Gasteiger charge is 2.51. The smallest absolute Gasteiger partial charge is 0.0726 e. The summed E-state index contributed by atoms with van der Waals surface area (Å²) >= 11 is 6.84. The number of hydrogen-bond acceptors (Lipinski definition) is 1. The summed E-state index contributed by atoms with van der Waals surface area (Å²) < 4.78 is 0. The maximum absolute atomic E-state index is 6.84. The minimum Gasteiger partial charge on any atom is -0.310 e. The Bertz CT molecular complexity index is 6620. The number of anilines is 3. The van der Waals surface area contributed by atoms with Gasteiger partial charge in [-0.25, -0.2) is 0 Å². The Kier molecular flexibility index (Phi) is 17.1. The highest BCUT2D eigenvalue weighted by Crippen LogP contribution is 2.65. The second-order valence-electron chi connectivity index (χ2n) is 28.0. The minimum absolute atomic E-state index is 0. The van der Waals surface area contributed by atoms with Gasteiger partial charge in [0.25, 0.3) is 0 Å². The maximum Gasteiger partial charge on any atom is 0.0726 e. The molecule has 0 N–H and O–H groups in total. The molecular weight excluding hydrogens is 1320 g/mol. The van der Waals surface area contributed by atoms with Crippen LogP contribution in [0.3, 0.4) is 0 Å². The average Bonchev–Trinajstić information content (AvgIpc) is 0.675. The summed E-state index contributed by atoms with van der Waals surface area (Å²) in [6.45, 7) is 1.65. The molecule has 4 aliphatic carbocycles. The number of nitrogens with zero attached hydrogens (tertiary/aromatic N) is 1. The lowest BCUT2D eigenvalue weighted by Crippen LogP contribution is -2.36. The van der Waals surface area contributed by atoms with Crippen LogP contribution in [0.1, 0.15) is 73.7 Å². The molecule has 0 radical (unpaired) electrons. The van der Waals surface area contributed by atoms with Gasteiger partial charge in [-0.15, -0.1) is 12.3 Å². The standard InChI is InChI=1S/C61H39N.C39H23Cl.C3H4.3CH4/c1-4-17-40(18-5-1)47-35-36-52-48-27-12-13-30-54(48)61(56-32-16-29-50(47)60(52)56)55-31-15-24-42-23-14-28-51(59(42)55)49-34-33-46(39-57(49)61)62(45-25-8-3-9-26-45)58-38-44-22-11-10-21-43(44)37-53(58)41-19-6-2-7-20-41;40-26-19-20-29-31-14-6-11-25-12-7-17-34(37(25)31)39(36(29)23-26)33-16-5-4-13-28(33)32-22-21-27(24-9-2-1-3-10-24)30-15-8-18-35(39)38(30)32;1-3-2;;;/h1-39H;1-23H;1H,2H3;3*1H4. The number of fused-ring (bicyclic) bond motifs is 17. The van der Waals surface area contributed by atoms with E-state index in [1.165, 1.54) is 176 Å². The number of hydrogen-bond donors (Lipinski definition) is 0. The van der Waals surface area contributed by atoms with E-state index in [1.807, 2.05) is 6.07 Å². The molecule has 0 bridgehead atoms. The van der Waals surface area contributed by atoms with E-state index in [4.69, 9.17) is 11.6 Å². The van der Waals surface area contributed by atoms with Crippen LogP contribution in [0.25, 0.3) is 132 Å². The molecule has 0 saturated carbocycles. The monoisotopic (exact) mass is 1400 g/mol. The van der Waals surface area contributed by atoms with Crippen molar-refractivity contribution >= 4 is 82.5 Å². The quantitative estimate of drug-likeness (QED) is 0.150. The van der Waals surface area contributed by atoms with Gasteiger partial charge in [-0.3, -0.25) is 0 Å². The first-order chi connectivity index (χ1) is 51.9. The van der Waals surface area contributed by atoms with Crippen molar-refractivity contribution in [3.05, 3.63) is 426 Å². The molecule has 514 valence electrons. The maximum atomic E-state index is 6.84. The van der Waals surface area contributed by atoms with Crippen molar-refractivity contribution in [2.45, 2.75) is 40.0 Å². The van der Waals surface area contributed by atoms with Crippen LogP contribution in [0.5, 0.6) is 0 Å². The van der Waals surface area contributed by atoms with Crippen molar-refractivity contribution in [1.29, 1.82) is 0 Å². The zero-order chi connectivity index (χ0) is 69.9. The van der Waals surface area contributed by atoms with E-state index in [-0.39, 0.29) is 22.3 Å². The molecule has 2 spiro atoms. The lowest BCUT2D eigenvalue weighted by atomic mass is 9.55. The first-order valence-electron chi connectivity index (χ1n) is 36.2. The summed E-state index contributed by atoms with van der Waals surface area (Å²) in [5.41, 5.74) is 30.3. The summed E-state index contributed by atoms with van der Waals surface area (Å²) in [4.78, 5) is 2.49. The molecule has 2 unspecified atom stereocenters. The van der Waals surface area contributed by atoms with Crippen LogP contribution in [0.15, 0.2) is 376 Å². The molecule has 1 nitrogen and oxygen atoms in total. The van der Waals surface area contributed by atoms with Gasteiger partial charge in [0.1, 0.15) is 0 Å². The molecule has 0 heterocycles. The lowest BCUT2D eigenvalue weighted by molar-refractivity contribution is 0.754. The minimum atomic E-state index is -0.633. The SMILES string of the molecule is C.C.C.C#CC.Clc1ccc2c(c1)C1(c3ccccc3-c3ccc(-c4ccccc4)c4cccc1c34)c1cccc3cccc-2c13.c1ccc(-c2cc3ccccc3cc2N(c2ccccc2)c2ccc3c(c2)C2(c4ccccc4-c4ccc(-c5ccccc5)c5cccc2c45)c2cccc4cccc-3c24)cc1. The van der Waals surface area contributed by atoms with Gasteiger partial charge in [-0.1, -0.05) is 361 Å². The third-order valence-corrected chi connectivity index (χ3v) is 23.0. The van der Waals surface area contributed by atoms with E-state index >= 15 is 0 Å². The second kappa shape index (κ2) is 27.1. The van der Waals surface area contributed by atoms with Crippen molar-refractivity contribution in [3.8, 4) is 90.2 Å². The van der Waals surface area contributed by atoms with Crippen LogP contribution < -0.4 is 4.90 Å². The van der Waals surface area contributed by atoms with Crippen molar-refractivity contribution in [2.75, 3.05) is 4.90 Å². The highest BCUT2D eigenvalue weighted by molar-refractivity contribution is 6.31. The van der Waals surface area contributed by atoms with Gasteiger partial charge in [0.15, 0.2) is 0 Å². The number of halogens is 1. The lowest BCUT2D eigenvalue weighted by Gasteiger charge is -2.46. The summed E-state index contributed by atoms with van der Waals surface area (Å²) in [5.74, 6) is 2.25. The molecule has 18 aromatic carbocycles. The first kappa shape index (κ1) is 68.0. The van der Waals surface area contributed by atoms with E-state index in [0.717, 1.165) is 22.1 Å². The summed E-state index contributed by atoms with van der Waals surface area (Å²) in [6, 6.07) is 139. The van der Waals surface area contributed by atoms with Gasteiger partial charge in [-0.2, -0.15) is 0 Å². The predicted octanol–water partition coefficient (Wildman–Crippen LogP) is 29.5. The van der Waals surface area contributed by atoms with Crippen LogP contribution in [0.4, 0.5) is 17.1 Å².